The average Bonchev–Trinajstić information content (AvgIpc) is 2.25. The number of carboxylic acid groups (broad SMARTS) is 1. The van der Waals surface area contributed by atoms with E-state index in [1.54, 1.807) is 0 Å². The number of carbonyl (C=O) groups excluding carboxylic acids is 1. The van der Waals surface area contributed by atoms with E-state index in [2.05, 4.69) is 17.9 Å². The molecule has 0 aliphatic carbocycles. The summed E-state index contributed by atoms with van der Waals surface area (Å²) >= 11 is 0. The van der Waals surface area contributed by atoms with Gasteiger partial charge in [0.2, 0.25) is 0 Å². The molecule has 2 N–H and O–H groups in total. The quantitative estimate of drug-likeness (QED) is 0.523. The fraction of sp³-hybridized carbons (Fsp3) is 0.400. The van der Waals surface area contributed by atoms with Gasteiger partial charge in [0.25, 0.3) is 0 Å². The zero-order valence-electron chi connectivity index (χ0n) is 8.73. The molecule has 0 bridgehead atoms. The van der Waals surface area contributed by atoms with E-state index in [4.69, 9.17) is 10.2 Å². The Hall–Kier alpha value is -1.62. The van der Waals surface area contributed by atoms with Crippen molar-refractivity contribution in [1.82, 2.24) is 0 Å². The Kier molecular flexibility index (Phi) is 11.0. The average molecular weight is 216 g/mol. The number of esters is 1. The van der Waals surface area contributed by atoms with Gasteiger partial charge < -0.3 is 14.9 Å². The molecule has 0 amide bonds. The third-order valence-corrected chi connectivity index (χ3v) is 1.31. The second kappa shape index (κ2) is 10.5. The summed E-state index contributed by atoms with van der Waals surface area (Å²) in [5.74, 6) is -1.38. The summed E-state index contributed by atoms with van der Waals surface area (Å²) in [6.45, 7) is 6.46. The Morgan fingerprint density at radius 2 is 2.00 bits per heavy atom. The van der Waals surface area contributed by atoms with Crippen molar-refractivity contribution in [3.63, 3.8) is 0 Å². The van der Waals surface area contributed by atoms with Crippen molar-refractivity contribution in [2.24, 2.45) is 0 Å². The second-order valence-electron chi connectivity index (χ2n) is 2.46. The fourth-order valence-corrected chi connectivity index (χ4v) is 0.483. The van der Waals surface area contributed by atoms with E-state index in [-0.39, 0.29) is 12.2 Å². The molecule has 0 atom stereocenters. The van der Waals surface area contributed by atoms with Crippen molar-refractivity contribution in [3.05, 3.63) is 24.8 Å². The van der Waals surface area contributed by atoms with E-state index in [1.165, 1.54) is 7.11 Å². The van der Waals surface area contributed by atoms with Crippen molar-refractivity contribution in [2.45, 2.75) is 12.8 Å². The van der Waals surface area contributed by atoms with Gasteiger partial charge in [-0.15, -0.1) is 0 Å². The molecule has 5 nitrogen and oxygen atoms in total. The molecule has 0 aliphatic rings. The Morgan fingerprint density at radius 3 is 2.20 bits per heavy atom. The molecule has 86 valence electrons. The first-order chi connectivity index (χ1) is 6.99. The summed E-state index contributed by atoms with van der Waals surface area (Å²) < 4.78 is 4.14. The lowest BCUT2D eigenvalue weighted by Crippen LogP contribution is -1.99. The molecule has 0 aliphatic heterocycles. The second-order valence-corrected chi connectivity index (χ2v) is 2.46. The van der Waals surface area contributed by atoms with Crippen molar-refractivity contribution in [3.8, 4) is 0 Å². The van der Waals surface area contributed by atoms with Crippen LogP contribution in [0.2, 0.25) is 0 Å². The maximum atomic E-state index is 10.0. The predicted octanol–water partition coefficient (Wildman–Crippen LogP) is 0.745. The van der Waals surface area contributed by atoms with Crippen molar-refractivity contribution in [1.29, 1.82) is 0 Å². The third kappa shape index (κ3) is 12.4. The standard InChI is InChI=1S/C6H10O3.C4H6O2/c1-5(6(8)9)3-2-4-7;1-3-4(5)6-2/h7H,1-4H2,(H,8,9);3H,1H2,2H3. The maximum Gasteiger partial charge on any atom is 0.330 e. The van der Waals surface area contributed by atoms with Gasteiger partial charge in [-0.3, -0.25) is 0 Å². The molecule has 0 heterocycles. The fourth-order valence-electron chi connectivity index (χ4n) is 0.483. The van der Waals surface area contributed by atoms with Gasteiger partial charge in [-0.05, 0) is 12.8 Å². The number of carboxylic acids is 1. The minimum Gasteiger partial charge on any atom is -0.478 e. The van der Waals surface area contributed by atoms with Crippen molar-refractivity contribution in [2.75, 3.05) is 13.7 Å². The largest absolute Gasteiger partial charge is 0.478 e. The highest BCUT2D eigenvalue weighted by Crippen LogP contribution is 2.00. The molecular formula is C10H16O5. The Balaban J connectivity index is 0. The highest BCUT2D eigenvalue weighted by molar-refractivity contribution is 5.85. The van der Waals surface area contributed by atoms with E-state index in [1.807, 2.05) is 0 Å². The van der Waals surface area contributed by atoms with Gasteiger partial charge in [-0.1, -0.05) is 13.2 Å². The molecule has 15 heavy (non-hydrogen) atoms. The molecule has 0 saturated carbocycles. The highest BCUT2D eigenvalue weighted by Gasteiger charge is 2.00. The Bertz CT molecular complexity index is 232. The van der Waals surface area contributed by atoms with Crippen LogP contribution in [0.5, 0.6) is 0 Å². The number of carbonyl (C=O) groups is 2. The van der Waals surface area contributed by atoms with Gasteiger partial charge in [-0.2, -0.15) is 0 Å². The number of aliphatic hydroxyl groups is 1. The van der Waals surface area contributed by atoms with E-state index < -0.39 is 11.9 Å². The molecule has 0 fully saturated rings. The van der Waals surface area contributed by atoms with E-state index in [0.717, 1.165) is 6.08 Å². The zero-order chi connectivity index (χ0) is 12.3. The molecule has 0 saturated heterocycles. The molecule has 0 rings (SSSR count). The Labute approximate surface area is 88.7 Å². The first-order valence-corrected chi connectivity index (χ1v) is 4.21. The molecule has 0 aromatic carbocycles. The topological polar surface area (TPSA) is 83.8 Å². The minimum atomic E-state index is -0.983. The number of ether oxygens (including phenoxy) is 1. The van der Waals surface area contributed by atoms with Crippen LogP contribution in [0.4, 0.5) is 0 Å². The van der Waals surface area contributed by atoms with E-state index in [9.17, 15) is 9.59 Å². The van der Waals surface area contributed by atoms with Gasteiger partial charge in [-0.25, -0.2) is 9.59 Å². The number of aliphatic hydroxyl groups excluding tert-OH is 1. The number of aliphatic carboxylic acids is 1. The highest BCUT2D eigenvalue weighted by atomic mass is 16.5. The first-order valence-electron chi connectivity index (χ1n) is 4.21. The molecule has 5 heteroatoms. The van der Waals surface area contributed by atoms with E-state index >= 15 is 0 Å². The molecular weight excluding hydrogens is 200 g/mol. The summed E-state index contributed by atoms with van der Waals surface area (Å²) in [6.07, 6.45) is 1.96. The first kappa shape index (κ1) is 15.8. The summed E-state index contributed by atoms with van der Waals surface area (Å²) in [6, 6.07) is 0. The summed E-state index contributed by atoms with van der Waals surface area (Å²) in [5.41, 5.74) is 0.157. The molecule has 0 radical (unpaired) electrons. The van der Waals surface area contributed by atoms with Gasteiger partial charge in [0.05, 0.1) is 7.11 Å². The number of hydrogen-bond acceptors (Lipinski definition) is 4. The SMILES string of the molecule is C=C(CCCO)C(=O)O.C=CC(=O)OC. The van der Waals surface area contributed by atoms with Crippen LogP contribution < -0.4 is 0 Å². The van der Waals surface area contributed by atoms with Crippen LogP contribution in [-0.2, 0) is 14.3 Å². The Morgan fingerprint density at radius 1 is 1.47 bits per heavy atom. The smallest absolute Gasteiger partial charge is 0.330 e. The van der Waals surface area contributed by atoms with Crippen LogP contribution >= 0.6 is 0 Å². The van der Waals surface area contributed by atoms with Crippen molar-refractivity contribution < 1.29 is 24.5 Å². The summed E-state index contributed by atoms with van der Waals surface area (Å²) in [5, 5.41) is 16.5. The summed E-state index contributed by atoms with van der Waals surface area (Å²) in [7, 11) is 1.31. The normalized spacial score (nSPS) is 8.13. The lowest BCUT2D eigenvalue weighted by Gasteiger charge is -1.94. The maximum absolute atomic E-state index is 10.0. The minimum absolute atomic E-state index is 0.0201. The summed E-state index contributed by atoms with van der Waals surface area (Å²) in [4.78, 5) is 19.9. The zero-order valence-corrected chi connectivity index (χ0v) is 8.73. The van der Waals surface area contributed by atoms with Crippen LogP contribution in [0.1, 0.15) is 12.8 Å². The van der Waals surface area contributed by atoms with Gasteiger partial charge >= 0.3 is 11.9 Å². The van der Waals surface area contributed by atoms with Gasteiger partial charge in [0.1, 0.15) is 0 Å². The molecule has 0 unspecified atom stereocenters. The molecule has 0 aromatic heterocycles. The van der Waals surface area contributed by atoms with Gasteiger partial charge in [0.15, 0.2) is 0 Å². The molecule has 0 spiro atoms. The van der Waals surface area contributed by atoms with Crippen molar-refractivity contribution >= 4 is 11.9 Å². The number of methoxy groups -OCH3 is 1. The van der Waals surface area contributed by atoms with Crippen LogP contribution in [0.25, 0.3) is 0 Å². The number of rotatable bonds is 5. The van der Waals surface area contributed by atoms with Crippen LogP contribution in [0.15, 0.2) is 24.8 Å². The lowest BCUT2D eigenvalue weighted by molar-refractivity contribution is -0.135. The lowest BCUT2D eigenvalue weighted by atomic mass is 10.2. The monoisotopic (exact) mass is 216 g/mol. The van der Waals surface area contributed by atoms with Crippen LogP contribution in [-0.4, -0.2) is 35.9 Å². The number of hydrogen-bond donors (Lipinski definition) is 2. The van der Waals surface area contributed by atoms with E-state index in [0.29, 0.717) is 12.8 Å². The molecule has 0 aromatic rings. The predicted molar refractivity (Wildman–Crippen MR) is 55.3 cm³/mol. The third-order valence-electron chi connectivity index (χ3n) is 1.31. The van der Waals surface area contributed by atoms with Gasteiger partial charge in [0, 0.05) is 18.3 Å². The van der Waals surface area contributed by atoms with Crippen LogP contribution in [0.3, 0.4) is 0 Å². The van der Waals surface area contributed by atoms with Crippen LogP contribution in [0, 0.1) is 0 Å².